The van der Waals surface area contributed by atoms with E-state index in [-0.39, 0.29) is 0 Å². The average Bonchev–Trinajstić information content (AvgIpc) is 2.68. The van der Waals surface area contributed by atoms with E-state index in [4.69, 9.17) is 0 Å². The van der Waals surface area contributed by atoms with Crippen LogP contribution >= 0.6 is 0 Å². The summed E-state index contributed by atoms with van der Waals surface area (Å²) in [6, 6.07) is 20.2. The summed E-state index contributed by atoms with van der Waals surface area (Å²) < 4.78 is 0. The molecule has 0 radical (unpaired) electrons. The highest BCUT2D eigenvalue weighted by Gasteiger charge is 2.08. The van der Waals surface area contributed by atoms with E-state index in [0.29, 0.717) is 5.95 Å². The molecule has 0 aliphatic heterocycles. The lowest BCUT2D eigenvalue weighted by molar-refractivity contribution is 1.10. The van der Waals surface area contributed by atoms with Crippen LogP contribution in [0.25, 0.3) is 10.9 Å². The van der Waals surface area contributed by atoms with Crippen LogP contribution in [0.5, 0.6) is 0 Å². The Morgan fingerprint density at radius 1 is 0.852 bits per heavy atom. The van der Waals surface area contributed by atoms with Gasteiger partial charge in [-0.15, -0.1) is 0 Å². The van der Waals surface area contributed by atoms with E-state index < -0.39 is 0 Å². The average molecular weight is 355 g/mol. The summed E-state index contributed by atoms with van der Waals surface area (Å²) in [5, 5.41) is 7.81. The van der Waals surface area contributed by atoms with Gasteiger partial charge in [0.2, 0.25) is 5.95 Å². The van der Waals surface area contributed by atoms with Crippen LogP contribution in [0.3, 0.4) is 0 Å². The van der Waals surface area contributed by atoms with Gasteiger partial charge in [-0.2, -0.15) is 4.98 Å². The number of fused-ring (bicyclic) bond motifs is 1. The van der Waals surface area contributed by atoms with Crippen molar-refractivity contribution >= 4 is 34.0 Å². The summed E-state index contributed by atoms with van der Waals surface area (Å²) in [5.41, 5.74) is 4.99. The third-order valence-corrected chi connectivity index (χ3v) is 4.39. The fourth-order valence-corrected chi connectivity index (χ4v) is 3.10. The van der Waals surface area contributed by atoms with E-state index in [0.717, 1.165) is 40.2 Å². The maximum absolute atomic E-state index is 4.65. The molecule has 2 aromatic heterocycles. The van der Waals surface area contributed by atoms with Crippen molar-refractivity contribution < 1.29 is 0 Å². The molecule has 0 unspecified atom stereocenters. The number of pyridine rings is 1. The van der Waals surface area contributed by atoms with Crippen molar-refractivity contribution in [3.05, 3.63) is 78.1 Å². The van der Waals surface area contributed by atoms with Crippen molar-refractivity contribution in [2.45, 2.75) is 20.3 Å². The third-order valence-electron chi connectivity index (χ3n) is 4.39. The number of aryl methyl sites for hydroxylation is 2. The first-order valence-electron chi connectivity index (χ1n) is 9.04. The van der Waals surface area contributed by atoms with Crippen molar-refractivity contribution in [3.8, 4) is 0 Å². The second-order valence-electron chi connectivity index (χ2n) is 6.36. The van der Waals surface area contributed by atoms with Crippen LogP contribution in [0.2, 0.25) is 0 Å². The molecule has 5 nitrogen and oxygen atoms in total. The van der Waals surface area contributed by atoms with Crippen LogP contribution in [0.4, 0.5) is 23.1 Å². The van der Waals surface area contributed by atoms with Crippen molar-refractivity contribution in [2.75, 3.05) is 10.6 Å². The minimum Gasteiger partial charge on any atom is -0.340 e. The first kappa shape index (κ1) is 17.0. The van der Waals surface area contributed by atoms with Gasteiger partial charge in [-0.25, -0.2) is 4.98 Å². The molecule has 0 saturated carbocycles. The Balaban J connectivity index is 1.66. The van der Waals surface area contributed by atoms with E-state index >= 15 is 0 Å². The van der Waals surface area contributed by atoms with Gasteiger partial charge < -0.3 is 10.6 Å². The maximum Gasteiger partial charge on any atom is 0.229 e. The molecule has 5 heteroatoms. The second-order valence-corrected chi connectivity index (χ2v) is 6.36. The number of para-hydroxylation sites is 2. The first-order valence-corrected chi connectivity index (χ1v) is 9.04. The fourth-order valence-electron chi connectivity index (χ4n) is 3.10. The quantitative estimate of drug-likeness (QED) is 0.503. The zero-order chi connectivity index (χ0) is 18.6. The minimum atomic E-state index is 0.546. The number of aromatic nitrogens is 3. The summed E-state index contributed by atoms with van der Waals surface area (Å²) in [5.74, 6) is 1.31. The predicted molar refractivity (Wildman–Crippen MR) is 111 cm³/mol. The van der Waals surface area contributed by atoms with Crippen molar-refractivity contribution in [2.24, 2.45) is 0 Å². The van der Waals surface area contributed by atoms with Crippen LogP contribution in [-0.2, 0) is 6.42 Å². The summed E-state index contributed by atoms with van der Waals surface area (Å²) in [6.07, 6.45) is 2.75. The molecular weight excluding hydrogens is 334 g/mol. The smallest absolute Gasteiger partial charge is 0.229 e. The van der Waals surface area contributed by atoms with E-state index in [1.54, 1.807) is 6.20 Å². The van der Waals surface area contributed by atoms with Gasteiger partial charge in [-0.05, 0) is 37.1 Å². The number of anilines is 4. The number of rotatable bonds is 5. The highest BCUT2D eigenvalue weighted by molar-refractivity contribution is 5.91. The van der Waals surface area contributed by atoms with Crippen LogP contribution in [0.15, 0.2) is 66.9 Å². The molecule has 0 saturated heterocycles. The summed E-state index contributed by atoms with van der Waals surface area (Å²) in [7, 11) is 0. The number of benzene rings is 2. The van der Waals surface area contributed by atoms with Gasteiger partial charge in [0.05, 0.1) is 11.2 Å². The molecule has 2 aromatic carbocycles. The van der Waals surface area contributed by atoms with Gasteiger partial charge in [0.1, 0.15) is 5.82 Å². The Kier molecular flexibility index (Phi) is 4.66. The largest absolute Gasteiger partial charge is 0.340 e. The molecule has 134 valence electrons. The molecule has 27 heavy (non-hydrogen) atoms. The Hall–Kier alpha value is -3.47. The van der Waals surface area contributed by atoms with Gasteiger partial charge >= 0.3 is 0 Å². The number of nitrogens with zero attached hydrogens (tertiary/aromatic N) is 3. The van der Waals surface area contributed by atoms with Gasteiger partial charge in [-0.3, -0.25) is 4.98 Å². The third kappa shape index (κ3) is 3.72. The highest BCUT2D eigenvalue weighted by Crippen LogP contribution is 2.25. The molecule has 2 heterocycles. The Labute approximate surface area is 158 Å². The molecule has 0 amide bonds. The fraction of sp³-hybridized carbons (Fsp3) is 0.136. The van der Waals surface area contributed by atoms with Gasteiger partial charge in [-0.1, -0.05) is 43.3 Å². The normalized spacial score (nSPS) is 10.7. The molecule has 0 atom stereocenters. The maximum atomic E-state index is 4.65. The van der Waals surface area contributed by atoms with E-state index in [1.165, 1.54) is 5.56 Å². The zero-order valence-electron chi connectivity index (χ0n) is 15.4. The molecule has 0 aliphatic carbocycles. The number of nitrogens with one attached hydrogen (secondary N) is 2. The lowest BCUT2D eigenvalue weighted by Gasteiger charge is -2.13. The minimum absolute atomic E-state index is 0.546. The van der Waals surface area contributed by atoms with E-state index in [2.05, 4.69) is 50.7 Å². The van der Waals surface area contributed by atoms with E-state index in [9.17, 15) is 0 Å². The Morgan fingerprint density at radius 2 is 1.67 bits per heavy atom. The van der Waals surface area contributed by atoms with Crippen molar-refractivity contribution in [1.82, 2.24) is 15.0 Å². The van der Waals surface area contributed by atoms with Crippen LogP contribution in [-0.4, -0.2) is 15.0 Å². The van der Waals surface area contributed by atoms with Crippen LogP contribution in [0.1, 0.15) is 18.2 Å². The highest BCUT2D eigenvalue weighted by atomic mass is 15.1. The number of hydrogen-bond donors (Lipinski definition) is 2. The molecule has 0 fully saturated rings. The summed E-state index contributed by atoms with van der Waals surface area (Å²) >= 11 is 0. The topological polar surface area (TPSA) is 62.7 Å². The molecule has 2 N–H and O–H groups in total. The monoisotopic (exact) mass is 355 g/mol. The Bertz CT molecular complexity index is 1090. The molecule has 0 spiro atoms. The molecule has 4 aromatic rings. The summed E-state index contributed by atoms with van der Waals surface area (Å²) in [6.45, 7) is 4.11. The van der Waals surface area contributed by atoms with Gasteiger partial charge in [0, 0.05) is 29.0 Å². The van der Waals surface area contributed by atoms with Crippen molar-refractivity contribution in [1.29, 1.82) is 0 Å². The predicted octanol–water partition coefficient (Wildman–Crippen LogP) is 5.38. The van der Waals surface area contributed by atoms with Crippen molar-refractivity contribution in [3.63, 3.8) is 0 Å². The SMILES string of the molecule is CCc1ccccc1Nc1cc(C)nc(Nc2cccc3cccnc23)n1. The van der Waals surface area contributed by atoms with Crippen LogP contribution < -0.4 is 10.6 Å². The van der Waals surface area contributed by atoms with Crippen LogP contribution in [0, 0.1) is 6.92 Å². The molecule has 4 rings (SSSR count). The zero-order valence-corrected chi connectivity index (χ0v) is 15.4. The molecular formula is C22H21N5. The Morgan fingerprint density at radius 3 is 2.56 bits per heavy atom. The number of hydrogen-bond acceptors (Lipinski definition) is 5. The second kappa shape index (κ2) is 7.41. The standard InChI is InChI=1S/C22H21N5/c1-3-16-8-4-5-11-18(16)25-20-14-15(2)24-22(27-20)26-19-12-6-9-17-10-7-13-23-21(17)19/h4-14H,3H2,1-2H3,(H2,24,25,26,27). The molecule has 0 aliphatic rings. The van der Waals surface area contributed by atoms with Gasteiger partial charge in [0.15, 0.2) is 0 Å². The first-order chi connectivity index (χ1) is 13.2. The molecule has 0 bridgehead atoms. The summed E-state index contributed by atoms with van der Waals surface area (Å²) in [4.78, 5) is 13.7. The lowest BCUT2D eigenvalue weighted by atomic mass is 10.1. The lowest BCUT2D eigenvalue weighted by Crippen LogP contribution is -2.04. The van der Waals surface area contributed by atoms with E-state index in [1.807, 2.05) is 49.4 Å². The van der Waals surface area contributed by atoms with Gasteiger partial charge in [0.25, 0.3) is 0 Å².